The molecular weight excluding hydrogens is 186 g/mol. The first-order valence-electron chi connectivity index (χ1n) is 4.77. The van der Waals surface area contributed by atoms with Crippen molar-refractivity contribution in [3.63, 3.8) is 0 Å². The molecule has 0 spiro atoms. The van der Waals surface area contributed by atoms with Crippen molar-refractivity contribution in [3.05, 3.63) is 54.1 Å². The largest absolute Gasteiger partial charge is 0.398 e. The lowest BCUT2D eigenvalue weighted by Crippen LogP contribution is -1.90. The topological polar surface area (TPSA) is 46.2 Å². The van der Waals surface area contributed by atoms with Gasteiger partial charge in [-0.3, -0.25) is 0 Å². The van der Waals surface area contributed by atoms with E-state index in [0.29, 0.717) is 5.69 Å². The lowest BCUT2D eigenvalue weighted by Gasteiger charge is -2.06. The van der Waals surface area contributed by atoms with E-state index in [1.54, 1.807) is 6.07 Å². The summed E-state index contributed by atoms with van der Waals surface area (Å²) < 4.78 is 0. The van der Waals surface area contributed by atoms with Gasteiger partial charge in [0.1, 0.15) is 0 Å². The Bertz CT molecular complexity index is 466. The van der Waals surface area contributed by atoms with E-state index in [4.69, 9.17) is 10.8 Å². The average molecular weight is 198 g/mol. The van der Waals surface area contributed by atoms with Gasteiger partial charge in [-0.1, -0.05) is 36.4 Å². The average Bonchev–Trinajstić information content (AvgIpc) is 2.30. The van der Waals surface area contributed by atoms with E-state index in [2.05, 4.69) is 6.07 Å². The van der Waals surface area contributed by atoms with Crippen LogP contribution in [0.2, 0.25) is 0 Å². The Kier molecular flexibility index (Phi) is 2.70. The highest BCUT2D eigenvalue weighted by atomic mass is 16.3. The van der Waals surface area contributed by atoms with Crippen LogP contribution in [0.25, 0.3) is 11.1 Å². The summed E-state index contributed by atoms with van der Waals surface area (Å²) in [7, 11) is 0. The summed E-state index contributed by atoms with van der Waals surface area (Å²) in [4.78, 5) is 0. The number of aliphatic hydroxyl groups excluding tert-OH is 1. The predicted octanol–water partition coefficient (Wildman–Crippen LogP) is 2.23. The first kappa shape index (κ1) is 9.74. The van der Waals surface area contributed by atoms with Crippen LogP contribution in [0.1, 0.15) is 5.56 Å². The second-order valence-electron chi connectivity index (χ2n) is 3.36. The monoisotopic (exact) mass is 198 g/mol. The van der Waals surface area contributed by atoms with E-state index >= 15 is 0 Å². The van der Waals surface area contributed by atoms with Crippen LogP contribution >= 0.6 is 0 Å². The predicted molar refractivity (Wildman–Crippen MR) is 61.0 cm³/mol. The van der Waals surface area contributed by atoms with Crippen LogP contribution in [0.3, 0.4) is 0 Å². The minimum Gasteiger partial charge on any atom is -0.398 e. The van der Waals surface area contributed by atoms with Gasteiger partial charge >= 0.3 is 0 Å². The number of benzene rings is 2. The maximum absolute atomic E-state index is 9.04. The summed E-state index contributed by atoms with van der Waals surface area (Å²) in [6.45, 7) is 0.0459. The summed E-state index contributed by atoms with van der Waals surface area (Å²) in [5, 5.41) is 9.04. The molecule has 0 aliphatic rings. The lowest BCUT2D eigenvalue weighted by molar-refractivity contribution is 0.282. The number of nitrogens with two attached hydrogens (primary N) is 1. The SMILES string of the molecule is Nc1[c]cccc1-c1cccc(CO)c1. The lowest BCUT2D eigenvalue weighted by atomic mass is 10.0. The molecule has 2 aromatic carbocycles. The van der Waals surface area contributed by atoms with E-state index in [1.807, 2.05) is 36.4 Å². The molecule has 0 saturated heterocycles. The molecule has 2 nitrogen and oxygen atoms in total. The zero-order chi connectivity index (χ0) is 10.7. The van der Waals surface area contributed by atoms with Crippen molar-refractivity contribution >= 4 is 5.69 Å². The number of anilines is 1. The van der Waals surface area contributed by atoms with E-state index < -0.39 is 0 Å². The molecular formula is C13H12NO. The fourth-order valence-corrected chi connectivity index (χ4v) is 1.54. The first-order chi connectivity index (χ1) is 7.31. The minimum atomic E-state index is 0.0459. The van der Waals surface area contributed by atoms with Gasteiger partial charge in [-0.25, -0.2) is 0 Å². The number of rotatable bonds is 2. The second kappa shape index (κ2) is 4.15. The summed E-state index contributed by atoms with van der Waals surface area (Å²) in [6.07, 6.45) is 0. The highest BCUT2D eigenvalue weighted by molar-refractivity contribution is 5.75. The summed E-state index contributed by atoms with van der Waals surface area (Å²) in [5.74, 6) is 0. The Morgan fingerprint density at radius 2 is 2.07 bits per heavy atom. The highest BCUT2D eigenvalue weighted by Gasteiger charge is 2.01. The molecule has 75 valence electrons. The quantitative estimate of drug-likeness (QED) is 0.727. The molecule has 0 heterocycles. The maximum atomic E-state index is 9.04. The molecule has 0 amide bonds. The fraction of sp³-hybridized carbons (Fsp3) is 0.0769. The highest BCUT2D eigenvalue weighted by Crippen LogP contribution is 2.25. The van der Waals surface area contributed by atoms with E-state index in [0.717, 1.165) is 16.7 Å². The van der Waals surface area contributed by atoms with Gasteiger partial charge in [-0.2, -0.15) is 0 Å². The van der Waals surface area contributed by atoms with Crippen LogP contribution in [-0.2, 0) is 6.61 Å². The number of hydrogen-bond donors (Lipinski definition) is 2. The molecule has 15 heavy (non-hydrogen) atoms. The standard InChI is InChI=1S/C13H12NO/c14-13-7-2-1-6-12(13)11-5-3-4-10(8-11)9-15/h1-6,8,15H,9,14H2. The minimum absolute atomic E-state index is 0.0459. The van der Waals surface area contributed by atoms with Gasteiger partial charge in [-0.15, -0.1) is 0 Å². The van der Waals surface area contributed by atoms with Gasteiger partial charge in [0, 0.05) is 17.3 Å². The van der Waals surface area contributed by atoms with Gasteiger partial charge in [-0.05, 0) is 17.2 Å². The molecule has 2 heteroatoms. The van der Waals surface area contributed by atoms with Gasteiger partial charge in [0.2, 0.25) is 0 Å². The van der Waals surface area contributed by atoms with Gasteiger partial charge < -0.3 is 10.8 Å². The van der Waals surface area contributed by atoms with Crippen LogP contribution in [0.5, 0.6) is 0 Å². The Morgan fingerprint density at radius 3 is 2.80 bits per heavy atom. The van der Waals surface area contributed by atoms with E-state index in [-0.39, 0.29) is 6.61 Å². The summed E-state index contributed by atoms with van der Waals surface area (Å²) >= 11 is 0. The van der Waals surface area contributed by atoms with Crippen molar-refractivity contribution in [1.29, 1.82) is 0 Å². The zero-order valence-electron chi connectivity index (χ0n) is 8.27. The Morgan fingerprint density at radius 1 is 1.20 bits per heavy atom. The Balaban J connectivity index is 2.49. The molecule has 1 radical (unpaired) electrons. The Labute approximate surface area is 89.0 Å². The second-order valence-corrected chi connectivity index (χ2v) is 3.36. The van der Waals surface area contributed by atoms with Crippen molar-refractivity contribution < 1.29 is 5.11 Å². The zero-order valence-corrected chi connectivity index (χ0v) is 8.27. The van der Waals surface area contributed by atoms with Gasteiger partial charge in [0.25, 0.3) is 0 Å². The smallest absolute Gasteiger partial charge is 0.0682 e. The van der Waals surface area contributed by atoms with Crippen molar-refractivity contribution in [2.75, 3.05) is 5.73 Å². The third-order valence-electron chi connectivity index (χ3n) is 2.31. The van der Waals surface area contributed by atoms with Crippen molar-refractivity contribution in [1.82, 2.24) is 0 Å². The number of hydrogen-bond acceptors (Lipinski definition) is 2. The van der Waals surface area contributed by atoms with Crippen molar-refractivity contribution in [2.45, 2.75) is 6.61 Å². The third-order valence-corrected chi connectivity index (χ3v) is 2.31. The molecule has 0 aromatic heterocycles. The molecule has 2 aromatic rings. The number of para-hydroxylation sites is 1. The van der Waals surface area contributed by atoms with Gasteiger partial charge in [0.05, 0.1) is 6.61 Å². The van der Waals surface area contributed by atoms with E-state index in [1.165, 1.54) is 0 Å². The van der Waals surface area contributed by atoms with Gasteiger partial charge in [0.15, 0.2) is 0 Å². The molecule has 0 unspecified atom stereocenters. The molecule has 0 saturated carbocycles. The summed E-state index contributed by atoms with van der Waals surface area (Å²) in [5.41, 5.74) is 9.30. The van der Waals surface area contributed by atoms with Crippen LogP contribution in [0, 0.1) is 6.07 Å². The normalized spacial score (nSPS) is 10.2. The van der Waals surface area contributed by atoms with Crippen molar-refractivity contribution in [2.24, 2.45) is 0 Å². The van der Waals surface area contributed by atoms with E-state index in [9.17, 15) is 0 Å². The van der Waals surface area contributed by atoms with Crippen LogP contribution in [0.4, 0.5) is 5.69 Å². The molecule has 3 N–H and O–H groups in total. The van der Waals surface area contributed by atoms with Crippen LogP contribution < -0.4 is 5.73 Å². The molecule has 0 bridgehead atoms. The Hall–Kier alpha value is -1.80. The third kappa shape index (κ3) is 2.00. The number of nitrogen functional groups attached to an aromatic ring is 1. The molecule has 0 atom stereocenters. The summed E-state index contributed by atoms with van der Waals surface area (Å²) in [6, 6.07) is 16.3. The molecule has 2 rings (SSSR count). The van der Waals surface area contributed by atoms with Crippen molar-refractivity contribution in [3.8, 4) is 11.1 Å². The molecule has 0 aliphatic heterocycles. The molecule has 0 aliphatic carbocycles. The van der Waals surface area contributed by atoms with Crippen LogP contribution in [-0.4, -0.2) is 5.11 Å². The number of aliphatic hydroxyl groups is 1. The fourth-order valence-electron chi connectivity index (χ4n) is 1.54. The molecule has 0 fully saturated rings. The first-order valence-corrected chi connectivity index (χ1v) is 4.77. The maximum Gasteiger partial charge on any atom is 0.0682 e. The van der Waals surface area contributed by atoms with Crippen LogP contribution in [0.15, 0.2) is 42.5 Å².